The molecule has 2 amide bonds. The second-order valence-electron chi connectivity index (χ2n) is 6.89. The molecule has 0 atom stereocenters. The van der Waals surface area contributed by atoms with E-state index in [0.717, 1.165) is 10.0 Å². The molecule has 0 bridgehead atoms. The van der Waals surface area contributed by atoms with Gasteiger partial charge in [0.25, 0.3) is 5.91 Å². The van der Waals surface area contributed by atoms with Crippen molar-refractivity contribution in [2.24, 2.45) is 0 Å². The Morgan fingerprint density at radius 2 is 1.77 bits per heavy atom. The van der Waals surface area contributed by atoms with E-state index in [-0.39, 0.29) is 18.2 Å². The zero-order chi connectivity index (χ0) is 23.0. The molecule has 8 nitrogen and oxygen atoms in total. The molecule has 31 heavy (non-hydrogen) atoms. The van der Waals surface area contributed by atoms with E-state index in [0.29, 0.717) is 17.2 Å². The lowest BCUT2D eigenvalue weighted by Crippen LogP contribution is -2.35. The van der Waals surface area contributed by atoms with E-state index in [4.69, 9.17) is 14.2 Å². The van der Waals surface area contributed by atoms with E-state index < -0.39 is 24.4 Å². The number of ether oxygens (including phenoxy) is 3. The summed E-state index contributed by atoms with van der Waals surface area (Å²) >= 11 is 3.35. The average Bonchev–Trinajstić information content (AvgIpc) is 2.72. The van der Waals surface area contributed by atoms with Gasteiger partial charge in [-0.05, 0) is 62.7 Å². The van der Waals surface area contributed by atoms with Crippen molar-refractivity contribution in [2.45, 2.75) is 26.9 Å². The van der Waals surface area contributed by atoms with Crippen LogP contribution in [0.2, 0.25) is 0 Å². The van der Waals surface area contributed by atoms with E-state index >= 15 is 0 Å². The van der Waals surface area contributed by atoms with Crippen molar-refractivity contribution >= 4 is 39.4 Å². The minimum Gasteiger partial charge on any atom is -0.493 e. The van der Waals surface area contributed by atoms with Crippen molar-refractivity contribution in [1.29, 1.82) is 0 Å². The number of amides is 2. The number of hydrogen-bond acceptors (Lipinski definition) is 6. The first-order chi connectivity index (χ1) is 14.7. The summed E-state index contributed by atoms with van der Waals surface area (Å²) in [6.45, 7) is 4.84. The molecule has 0 spiro atoms. The predicted molar refractivity (Wildman–Crippen MR) is 120 cm³/mol. The molecular weight excluding hydrogens is 468 g/mol. The number of esters is 1. The second-order valence-corrected chi connectivity index (χ2v) is 7.81. The van der Waals surface area contributed by atoms with E-state index in [1.807, 2.05) is 26.8 Å². The standard InChI is InChI=1S/C22H25BrN2O6/c1-13(2)31-18-8-5-15(10-19(18)29-4)22(28)30-12-21(27)24-11-20(26)25-17-7-6-16(23)9-14(17)3/h5-10,13H,11-12H2,1-4H3,(H,24,27)(H,25,26). The van der Waals surface area contributed by atoms with Crippen LogP contribution in [0.15, 0.2) is 40.9 Å². The molecule has 2 aromatic carbocycles. The van der Waals surface area contributed by atoms with Crippen LogP contribution < -0.4 is 20.1 Å². The van der Waals surface area contributed by atoms with Crippen LogP contribution in [0.25, 0.3) is 0 Å². The Labute approximate surface area is 189 Å². The Balaban J connectivity index is 1.82. The smallest absolute Gasteiger partial charge is 0.338 e. The number of anilines is 1. The van der Waals surface area contributed by atoms with Crippen LogP contribution in [-0.4, -0.2) is 44.1 Å². The molecule has 0 unspecified atom stereocenters. The summed E-state index contributed by atoms with van der Waals surface area (Å²) in [6, 6.07) is 10.0. The molecule has 0 aliphatic carbocycles. The molecule has 2 N–H and O–H groups in total. The van der Waals surface area contributed by atoms with Crippen LogP contribution in [0.5, 0.6) is 11.5 Å². The van der Waals surface area contributed by atoms with Gasteiger partial charge in [0.2, 0.25) is 5.91 Å². The number of hydrogen-bond donors (Lipinski definition) is 2. The molecule has 0 saturated carbocycles. The zero-order valence-corrected chi connectivity index (χ0v) is 19.4. The van der Waals surface area contributed by atoms with E-state index in [1.165, 1.54) is 19.2 Å². The quantitative estimate of drug-likeness (QED) is 0.519. The van der Waals surface area contributed by atoms with Crippen LogP contribution in [-0.2, 0) is 14.3 Å². The summed E-state index contributed by atoms with van der Waals surface area (Å²) in [7, 11) is 1.46. The number of benzene rings is 2. The Hall–Kier alpha value is -3.07. The normalized spacial score (nSPS) is 10.4. The molecule has 0 fully saturated rings. The monoisotopic (exact) mass is 492 g/mol. The maximum Gasteiger partial charge on any atom is 0.338 e. The third-order valence-corrected chi connectivity index (χ3v) is 4.50. The summed E-state index contributed by atoms with van der Waals surface area (Å²) < 4.78 is 16.7. The molecule has 0 aliphatic heterocycles. The molecule has 0 saturated heterocycles. The highest BCUT2D eigenvalue weighted by atomic mass is 79.9. The fraction of sp³-hybridized carbons (Fsp3) is 0.318. The van der Waals surface area contributed by atoms with Gasteiger partial charge < -0.3 is 24.8 Å². The van der Waals surface area contributed by atoms with Gasteiger partial charge in [0, 0.05) is 10.2 Å². The van der Waals surface area contributed by atoms with Crippen LogP contribution >= 0.6 is 15.9 Å². The SMILES string of the molecule is COc1cc(C(=O)OCC(=O)NCC(=O)Nc2ccc(Br)cc2C)ccc1OC(C)C. The van der Waals surface area contributed by atoms with Gasteiger partial charge in [0.1, 0.15) is 0 Å². The Bertz CT molecular complexity index is 961. The maximum absolute atomic E-state index is 12.2. The number of halogens is 1. The van der Waals surface area contributed by atoms with Crippen molar-refractivity contribution in [2.75, 3.05) is 25.6 Å². The van der Waals surface area contributed by atoms with Gasteiger partial charge in [-0.1, -0.05) is 15.9 Å². The van der Waals surface area contributed by atoms with Crippen LogP contribution in [0.1, 0.15) is 29.8 Å². The van der Waals surface area contributed by atoms with E-state index in [1.54, 1.807) is 18.2 Å². The lowest BCUT2D eigenvalue weighted by molar-refractivity contribution is -0.126. The largest absolute Gasteiger partial charge is 0.493 e. The third-order valence-electron chi connectivity index (χ3n) is 4.01. The Morgan fingerprint density at radius 3 is 2.42 bits per heavy atom. The zero-order valence-electron chi connectivity index (χ0n) is 17.8. The van der Waals surface area contributed by atoms with Gasteiger partial charge in [-0.2, -0.15) is 0 Å². The van der Waals surface area contributed by atoms with E-state index in [9.17, 15) is 14.4 Å². The third kappa shape index (κ3) is 7.60. The molecule has 0 aromatic heterocycles. The fourth-order valence-corrected chi connectivity index (χ4v) is 3.03. The Kier molecular flexibility index (Phi) is 8.87. The number of nitrogens with one attached hydrogen (secondary N) is 2. The molecule has 0 radical (unpaired) electrons. The first-order valence-corrected chi connectivity index (χ1v) is 10.3. The van der Waals surface area contributed by atoms with Crippen LogP contribution in [0.4, 0.5) is 5.69 Å². The van der Waals surface area contributed by atoms with Crippen LogP contribution in [0, 0.1) is 6.92 Å². The van der Waals surface area contributed by atoms with Gasteiger partial charge in [-0.15, -0.1) is 0 Å². The lowest BCUT2D eigenvalue weighted by atomic mass is 10.2. The molecular formula is C22H25BrN2O6. The predicted octanol–water partition coefficient (Wildman–Crippen LogP) is 3.47. The summed E-state index contributed by atoms with van der Waals surface area (Å²) in [4.78, 5) is 36.2. The summed E-state index contributed by atoms with van der Waals surface area (Å²) in [5.41, 5.74) is 1.74. The van der Waals surface area contributed by atoms with Gasteiger partial charge >= 0.3 is 5.97 Å². The topological polar surface area (TPSA) is 103 Å². The van der Waals surface area contributed by atoms with Crippen molar-refractivity contribution in [1.82, 2.24) is 5.32 Å². The molecule has 0 heterocycles. The summed E-state index contributed by atoms with van der Waals surface area (Å²) in [5.74, 6) is -0.802. The van der Waals surface area contributed by atoms with Gasteiger partial charge in [0.15, 0.2) is 18.1 Å². The number of methoxy groups -OCH3 is 1. The second kappa shape index (κ2) is 11.4. The summed E-state index contributed by atoms with van der Waals surface area (Å²) in [5, 5.41) is 5.12. The number of rotatable bonds is 9. The first kappa shape index (κ1) is 24.2. The number of carbonyl (C=O) groups is 3. The highest BCUT2D eigenvalue weighted by molar-refractivity contribution is 9.10. The minimum atomic E-state index is -0.695. The molecule has 166 valence electrons. The number of aryl methyl sites for hydroxylation is 1. The highest BCUT2D eigenvalue weighted by Gasteiger charge is 2.15. The van der Waals surface area contributed by atoms with Crippen LogP contribution in [0.3, 0.4) is 0 Å². The van der Waals surface area contributed by atoms with Crippen molar-refractivity contribution < 1.29 is 28.6 Å². The summed E-state index contributed by atoms with van der Waals surface area (Å²) in [6.07, 6.45) is -0.0553. The van der Waals surface area contributed by atoms with Gasteiger partial charge in [-0.3, -0.25) is 9.59 Å². The van der Waals surface area contributed by atoms with E-state index in [2.05, 4.69) is 26.6 Å². The lowest BCUT2D eigenvalue weighted by Gasteiger charge is -2.14. The molecule has 2 rings (SSSR count). The van der Waals surface area contributed by atoms with Gasteiger partial charge in [0.05, 0.1) is 25.3 Å². The molecule has 2 aromatic rings. The minimum absolute atomic E-state index is 0.0553. The van der Waals surface area contributed by atoms with Crippen molar-refractivity contribution in [3.05, 3.63) is 52.0 Å². The maximum atomic E-state index is 12.2. The van der Waals surface area contributed by atoms with Crippen molar-refractivity contribution in [3.8, 4) is 11.5 Å². The van der Waals surface area contributed by atoms with Crippen molar-refractivity contribution in [3.63, 3.8) is 0 Å². The molecule has 0 aliphatic rings. The Morgan fingerprint density at radius 1 is 1.03 bits per heavy atom. The number of carbonyl (C=O) groups excluding carboxylic acids is 3. The first-order valence-electron chi connectivity index (χ1n) is 9.54. The average molecular weight is 493 g/mol. The highest BCUT2D eigenvalue weighted by Crippen LogP contribution is 2.29. The fourth-order valence-electron chi connectivity index (χ4n) is 2.55. The van der Waals surface area contributed by atoms with Gasteiger partial charge in [-0.25, -0.2) is 4.79 Å². The molecule has 9 heteroatoms.